The highest BCUT2D eigenvalue weighted by Crippen LogP contribution is 2.24. The van der Waals surface area contributed by atoms with E-state index < -0.39 is 0 Å². The number of benzene rings is 1. The first kappa shape index (κ1) is 18.1. The average Bonchev–Trinajstić information content (AvgIpc) is 3.25. The first-order valence-corrected chi connectivity index (χ1v) is 9.44. The minimum absolute atomic E-state index is 0.395. The lowest BCUT2D eigenvalue weighted by Gasteiger charge is -2.36. The van der Waals surface area contributed by atoms with Crippen LogP contribution in [0.5, 0.6) is 0 Å². The molecule has 0 bridgehead atoms. The summed E-state index contributed by atoms with van der Waals surface area (Å²) in [6, 6.07) is 8.53. The van der Waals surface area contributed by atoms with Gasteiger partial charge in [-0.2, -0.15) is 10.4 Å². The van der Waals surface area contributed by atoms with Gasteiger partial charge in [0.2, 0.25) is 0 Å². The fourth-order valence-corrected chi connectivity index (χ4v) is 3.78. The van der Waals surface area contributed by atoms with Gasteiger partial charge in [0, 0.05) is 57.5 Å². The van der Waals surface area contributed by atoms with Crippen molar-refractivity contribution >= 4 is 5.82 Å². The molecule has 3 heterocycles. The van der Waals surface area contributed by atoms with Crippen molar-refractivity contribution in [1.82, 2.24) is 24.6 Å². The van der Waals surface area contributed by atoms with Crippen LogP contribution in [0, 0.1) is 25.2 Å². The van der Waals surface area contributed by atoms with Crippen molar-refractivity contribution in [1.29, 1.82) is 5.26 Å². The fourth-order valence-electron chi connectivity index (χ4n) is 3.78. The molecule has 0 radical (unpaired) electrons. The summed E-state index contributed by atoms with van der Waals surface area (Å²) >= 11 is 0. The molecule has 0 unspecified atom stereocenters. The smallest absolute Gasteiger partial charge is 0.183 e. The Labute approximate surface area is 164 Å². The average molecular weight is 373 g/mol. The second-order valence-electron chi connectivity index (χ2n) is 7.13. The topological polar surface area (TPSA) is 73.9 Å². The summed E-state index contributed by atoms with van der Waals surface area (Å²) in [5, 5.41) is 13.7. The highest BCUT2D eigenvalue weighted by molar-refractivity contribution is 5.50. The zero-order valence-corrected chi connectivity index (χ0v) is 16.2. The zero-order valence-electron chi connectivity index (χ0n) is 16.2. The minimum atomic E-state index is 0.395. The summed E-state index contributed by atoms with van der Waals surface area (Å²) in [5.74, 6) is 0.688. The maximum Gasteiger partial charge on any atom is 0.183 e. The predicted molar refractivity (Wildman–Crippen MR) is 107 cm³/mol. The lowest BCUT2D eigenvalue weighted by molar-refractivity contribution is 0.248. The van der Waals surface area contributed by atoms with Crippen LogP contribution in [0.2, 0.25) is 0 Å². The summed E-state index contributed by atoms with van der Waals surface area (Å²) in [5.41, 5.74) is 5.37. The standard InChI is InChI=1S/C21H23N7/c1-16-12-17(2)18(20(13-16)28-7-3-4-25-28)15-26-8-10-27(11-9-26)21-19(14-22)23-5-6-24-21/h3-7,12-13H,8-11,15H2,1-2H3. The van der Waals surface area contributed by atoms with Gasteiger partial charge in [-0.25, -0.2) is 14.6 Å². The van der Waals surface area contributed by atoms with Crippen molar-refractivity contribution in [3.63, 3.8) is 0 Å². The van der Waals surface area contributed by atoms with Gasteiger partial charge >= 0.3 is 0 Å². The van der Waals surface area contributed by atoms with Crippen molar-refractivity contribution in [2.75, 3.05) is 31.1 Å². The Morgan fingerprint density at radius 1 is 1.04 bits per heavy atom. The third kappa shape index (κ3) is 3.59. The molecule has 0 atom stereocenters. The minimum Gasteiger partial charge on any atom is -0.352 e. The number of rotatable bonds is 4. The van der Waals surface area contributed by atoms with E-state index in [0.29, 0.717) is 11.5 Å². The summed E-state index contributed by atoms with van der Waals surface area (Å²) in [7, 11) is 0. The second-order valence-corrected chi connectivity index (χ2v) is 7.13. The highest BCUT2D eigenvalue weighted by atomic mass is 15.3. The number of aryl methyl sites for hydroxylation is 2. The highest BCUT2D eigenvalue weighted by Gasteiger charge is 2.22. The van der Waals surface area contributed by atoms with E-state index in [1.165, 1.54) is 16.7 Å². The fraction of sp³-hybridized carbons (Fsp3) is 0.333. The van der Waals surface area contributed by atoms with Gasteiger partial charge in [-0.3, -0.25) is 4.90 Å². The Balaban J connectivity index is 1.51. The van der Waals surface area contributed by atoms with E-state index in [1.54, 1.807) is 12.4 Å². The molecule has 0 aliphatic carbocycles. The Kier molecular flexibility index (Phi) is 5.04. The summed E-state index contributed by atoms with van der Waals surface area (Å²) < 4.78 is 1.95. The quantitative estimate of drug-likeness (QED) is 0.699. The van der Waals surface area contributed by atoms with Gasteiger partial charge < -0.3 is 4.90 Å². The van der Waals surface area contributed by atoms with Crippen molar-refractivity contribution in [3.05, 3.63) is 65.4 Å². The molecule has 142 valence electrons. The Hall–Kier alpha value is -3.24. The van der Waals surface area contributed by atoms with Crippen LogP contribution in [-0.2, 0) is 6.54 Å². The number of nitrogens with zero attached hydrogens (tertiary/aromatic N) is 7. The van der Waals surface area contributed by atoms with Crippen LogP contribution in [0.3, 0.4) is 0 Å². The van der Waals surface area contributed by atoms with Gasteiger partial charge in [0.05, 0.1) is 5.69 Å². The Bertz CT molecular complexity index is 996. The number of piperazine rings is 1. The normalized spacial score (nSPS) is 14.8. The molecule has 0 N–H and O–H groups in total. The van der Waals surface area contributed by atoms with Gasteiger partial charge in [-0.1, -0.05) is 6.07 Å². The molecule has 1 aliphatic rings. The van der Waals surface area contributed by atoms with Crippen LogP contribution >= 0.6 is 0 Å². The molecule has 0 spiro atoms. The molecule has 2 aromatic heterocycles. The lowest BCUT2D eigenvalue weighted by Crippen LogP contribution is -2.46. The molecule has 1 fully saturated rings. The van der Waals surface area contributed by atoms with Crippen LogP contribution in [0.1, 0.15) is 22.4 Å². The van der Waals surface area contributed by atoms with E-state index in [9.17, 15) is 5.26 Å². The molecule has 28 heavy (non-hydrogen) atoms. The number of hydrogen-bond donors (Lipinski definition) is 0. The lowest BCUT2D eigenvalue weighted by atomic mass is 10.0. The molecule has 4 rings (SSSR count). The monoisotopic (exact) mass is 373 g/mol. The Morgan fingerprint density at radius 2 is 1.82 bits per heavy atom. The largest absolute Gasteiger partial charge is 0.352 e. The molecule has 7 nitrogen and oxygen atoms in total. The van der Waals surface area contributed by atoms with Gasteiger partial charge in [0.15, 0.2) is 11.5 Å². The molecule has 1 aromatic carbocycles. The third-order valence-corrected chi connectivity index (χ3v) is 5.18. The summed E-state index contributed by atoms with van der Waals surface area (Å²) in [6.07, 6.45) is 7.02. The van der Waals surface area contributed by atoms with E-state index in [4.69, 9.17) is 0 Å². The van der Waals surface area contributed by atoms with Gasteiger partial charge in [0.1, 0.15) is 6.07 Å². The number of nitriles is 1. The van der Waals surface area contributed by atoms with Crippen molar-refractivity contribution in [2.24, 2.45) is 0 Å². The molecule has 3 aromatic rings. The SMILES string of the molecule is Cc1cc(C)c(CN2CCN(c3nccnc3C#N)CC2)c(-n2cccn2)c1. The van der Waals surface area contributed by atoms with Crippen molar-refractivity contribution in [2.45, 2.75) is 20.4 Å². The molecule has 1 saturated heterocycles. The molecule has 0 amide bonds. The number of aromatic nitrogens is 4. The summed E-state index contributed by atoms with van der Waals surface area (Å²) in [4.78, 5) is 13.1. The first-order chi connectivity index (χ1) is 13.7. The van der Waals surface area contributed by atoms with Gasteiger partial charge in [0.25, 0.3) is 0 Å². The third-order valence-electron chi connectivity index (χ3n) is 5.18. The van der Waals surface area contributed by atoms with Gasteiger partial charge in [-0.05, 0) is 42.7 Å². The molecule has 1 aliphatic heterocycles. The van der Waals surface area contributed by atoms with Crippen LogP contribution < -0.4 is 4.90 Å². The van der Waals surface area contributed by atoms with E-state index in [0.717, 1.165) is 38.4 Å². The maximum absolute atomic E-state index is 9.27. The summed E-state index contributed by atoms with van der Waals surface area (Å²) in [6.45, 7) is 8.65. The van der Waals surface area contributed by atoms with E-state index in [2.05, 4.69) is 56.9 Å². The maximum atomic E-state index is 9.27. The predicted octanol–water partition coefficient (Wildman–Crippen LogP) is 2.47. The number of anilines is 1. The molecular weight excluding hydrogens is 350 g/mol. The number of hydrogen-bond acceptors (Lipinski definition) is 6. The van der Waals surface area contributed by atoms with Crippen LogP contribution in [-0.4, -0.2) is 50.8 Å². The van der Waals surface area contributed by atoms with Crippen molar-refractivity contribution in [3.8, 4) is 11.8 Å². The van der Waals surface area contributed by atoms with E-state index in [-0.39, 0.29) is 0 Å². The van der Waals surface area contributed by atoms with Crippen LogP contribution in [0.15, 0.2) is 43.0 Å². The molecular formula is C21H23N7. The molecule has 0 saturated carbocycles. The molecule has 7 heteroatoms. The first-order valence-electron chi connectivity index (χ1n) is 9.44. The van der Waals surface area contributed by atoms with Crippen molar-refractivity contribution < 1.29 is 0 Å². The van der Waals surface area contributed by atoms with Crippen LogP contribution in [0.4, 0.5) is 5.82 Å². The van der Waals surface area contributed by atoms with E-state index >= 15 is 0 Å². The second kappa shape index (κ2) is 7.79. The zero-order chi connectivity index (χ0) is 19.5. The van der Waals surface area contributed by atoms with Gasteiger partial charge in [-0.15, -0.1) is 0 Å². The Morgan fingerprint density at radius 3 is 2.54 bits per heavy atom. The van der Waals surface area contributed by atoms with Crippen LogP contribution in [0.25, 0.3) is 5.69 Å². The van der Waals surface area contributed by atoms with E-state index in [1.807, 2.05) is 23.1 Å².